The molecule has 21 heavy (non-hydrogen) atoms. The number of hydrogen-bond acceptors (Lipinski definition) is 2. The summed E-state index contributed by atoms with van der Waals surface area (Å²) in [5.41, 5.74) is 0. The van der Waals surface area contributed by atoms with E-state index in [9.17, 15) is 9.59 Å². The summed E-state index contributed by atoms with van der Waals surface area (Å²) in [4.78, 5) is 22.1. The Morgan fingerprint density at radius 1 is 0.905 bits per heavy atom. The Kier molecular flexibility index (Phi) is 13.2. The summed E-state index contributed by atoms with van der Waals surface area (Å²) in [6.07, 6.45) is 10.7. The average molecular weight is 299 g/mol. The Morgan fingerprint density at radius 3 is 2.19 bits per heavy atom. The second kappa shape index (κ2) is 13.9. The lowest BCUT2D eigenvalue weighted by molar-refractivity contribution is -0.137. The smallest absolute Gasteiger partial charge is 0.303 e. The van der Waals surface area contributed by atoms with Gasteiger partial charge in [0, 0.05) is 19.4 Å². The quantitative estimate of drug-likeness (QED) is 0.474. The first-order chi connectivity index (χ1) is 10.1. The molecule has 0 aromatic carbocycles. The predicted octanol–water partition coefficient (Wildman–Crippen LogP) is 4.13. The van der Waals surface area contributed by atoms with Gasteiger partial charge in [0.15, 0.2) is 0 Å². The van der Waals surface area contributed by atoms with Crippen LogP contribution in [0.4, 0.5) is 0 Å². The molecular formula is C17H33NO3. The maximum Gasteiger partial charge on any atom is 0.303 e. The molecule has 0 bridgehead atoms. The molecule has 0 aromatic rings. The minimum Gasteiger partial charge on any atom is -0.481 e. The van der Waals surface area contributed by atoms with Gasteiger partial charge in [-0.1, -0.05) is 52.4 Å². The number of aliphatic carboxylic acids is 1. The van der Waals surface area contributed by atoms with Crippen LogP contribution in [0.15, 0.2) is 0 Å². The Hall–Kier alpha value is -1.06. The number of carboxylic acids is 1. The summed E-state index contributed by atoms with van der Waals surface area (Å²) in [7, 11) is 0. The molecule has 4 heteroatoms. The Balaban J connectivity index is 3.86. The van der Waals surface area contributed by atoms with Gasteiger partial charge in [-0.25, -0.2) is 0 Å². The first kappa shape index (κ1) is 19.9. The molecular weight excluding hydrogens is 266 g/mol. The molecule has 0 rings (SSSR count). The number of carbonyl (C=O) groups excluding carboxylic acids is 1. The first-order valence-corrected chi connectivity index (χ1v) is 8.58. The fourth-order valence-electron chi connectivity index (χ4n) is 2.45. The van der Waals surface area contributed by atoms with Gasteiger partial charge in [-0.3, -0.25) is 9.59 Å². The van der Waals surface area contributed by atoms with Crippen LogP contribution in [0, 0.1) is 5.92 Å². The third-order valence-electron chi connectivity index (χ3n) is 3.81. The molecule has 1 unspecified atom stereocenters. The van der Waals surface area contributed by atoms with Gasteiger partial charge in [-0.2, -0.15) is 0 Å². The van der Waals surface area contributed by atoms with Crippen molar-refractivity contribution in [3.05, 3.63) is 0 Å². The van der Waals surface area contributed by atoms with Crippen LogP contribution < -0.4 is 5.32 Å². The van der Waals surface area contributed by atoms with Crippen molar-refractivity contribution < 1.29 is 14.7 Å². The maximum atomic E-state index is 11.7. The lowest BCUT2D eigenvalue weighted by atomic mass is 9.95. The van der Waals surface area contributed by atoms with Gasteiger partial charge >= 0.3 is 5.97 Å². The molecule has 2 N–H and O–H groups in total. The molecule has 0 heterocycles. The van der Waals surface area contributed by atoms with Crippen LogP contribution in [-0.2, 0) is 9.59 Å². The minimum absolute atomic E-state index is 0.00805. The number of unbranched alkanes of at least 4 members (excludes halogenated alkanes) is 4. The molecule has 0 aliphatic carbocycles. The highest BCUT2D eigenvalue weighted by molar-refractivity contribution is 5.76. The molecule has 0 radical (unpaired) electrons. The number of hydrogen-bond donors (Lipinski definition) is 2. The lowest BCUT2D eigenvalue weighted by Gasteiger charge is -2.17. The van der Waals surface area contributed by atoms with Crippen molar-refractivity contribution in [2.24, 2.45) is 5.92 Å². The van der Waals surface area contributed by atoms with Crippen LogP contribution in [-0.4, -0.2) is 23.5 Å². The van der Waals surface area contributed by atoms with Crippen molar-refractivity contribution in [2.45, 2.75) is 84.5 Å². The third-order valence-corrected chi connectivity index (χ3v) is 3.81. The highest BCUT2D eigenvalue weighted by Gasteiger charge is 2.10. The molecule has 0 aliphatic rings. The molecule has 0 aromatic heterocycles. The molecule has 4 nitrogen and oxygen atoms in total. The second-order valence-electron chi connectivity index (χ2n) is 5.91. The normalized spacial score (nSPS) is 12.1. The zero-order chi connectivity index (χ0) is 15.9. The molecule has 0 saturated heterocycles. The fourth-order valence-corrected chi connectivity index (χ4v) is 2.45. The summed E-state index contributed by atoms with van der Waals surface area (Å²) >= 11 is 0. The lowest BCUT2D eigenvalue weighted by Crippen LogP contribution is -2.29. The van der Waals surface area contributed by atoms with Crippen LogP contribution in [0.3, 0.4) is 0 Å². The van der Waals surface area contributed by atoms with Crippen molar-refractivity contribution in [3.63, 3.8) is 0 Å². The summed E-state index contributed by atoms with van der Waals surface area (Å²) in [6.45, 7) is 5.16. The van der Waals surface area contributed by atoms with Gasteiger partial charge in [-0.15, -0.1) is 0 Å². The van der Waals surface area contributed by atoms with Crippen LogP contribution >= 0.6 is 0 Å². The molecule has 0 aliphatic heterocycles. The number of nitrogens with one attached hydrogen (secondary N) is 1. The largest absolute Gasteiger partial charge is 0.481 e. The molecule has 124 valence electrons. The van der Waals surface area contributed by atoms with Gasteiger partial charge in [0.25, 0.3) is 0 Å². The van der Waals surface area contributed by atoms with E-state index in [2.05, 4.69) is 19.2 Å². The van der Waals surface area contributed by atoms with E-state index in [1.807, 2.05) is 0 Å². The zero-order valence-corrected chi connectivity index (χ0v) is 13.8. The van der Waals surface area contributed by atoms with Gasteiger partial charge < -0.3 is 10.4 Å². The number of amides is 1. The van der Waals surface area contributed by atoms with Gasteiger partial charge in [0.2, 0.25) is 5.91 Å². The van der Waals surface area contributed by atoms with Crippen LogP contribution in [0.5, 0.6) is 0 Å². The van der Waals surface area contributed by atoms with Gasteiger partial charge in [0.05, 0.1) is 0 Å². The molecule has 0 saturated carbocycles. The minimum atomic E-state index is -0.834. The van der Waals surface area contributed by atoms with Crippen molar-refractivity contribution >= 4 is 11.9 Å². The summed E-state index contributed by atoms with van der Waals surface area (Å²) in [6, 6.07) is 0. The monoisotopic (exact) mass is 299 g/mol. The van der Waals surface area contributed by atoms with Crippen LogP contribution in [0.2, 0.25) is 0 Å². The standard InChI is InChI=1S/C17H33NO3/c1-3-5-7-8-11-15(10-6-4-2)14-18-16(19)12-9-13-17(20)21/h15H,3-14H2,1-2H3,(H,18,19)(H,20,21). The molecule has 1 amide bonds. The second-order valence-corrected chi connectivity index (χ2v) is 5.91. The van der Waals surface area contributed by atoms with E-state index >= 15 is 0 Å². The Morgan fingerprint density at radius 2 is 1.57 bits per heavy atom. The highest BCUT2D eigenvalue weighted by Crippen LogP contribution is 2.16. The Labute approximate surface area is 129 Å². The molecule has 0 fully saturated rings. The van der Waals surface area contributed by atoms with E-state index in [-0.39, 0.29) is 12.3 Å². The van der Waals surface area contributed by atoms with E-state index in [0.717, 1.165) is 6.54 Å². The zero-order valence-electron chi connectivity index (χ0n) is 13.8. The van der Waals surface area contributed by atoms with Crippen LogP contribution in [0.1, 0.15) is 84.5 Å². The number of rotatable bonds is 14. The fraction of sp³-hybridized carbons (Fsp3) is 0.882. The van der Waals surface area contributed by atoms with E-state index < -0.39 is 5.97 Å². The number of carboxylic acid groups (broad SMARTS) is 1. The summed E-state index contributed by atoms with van der Waals surface area (Å²) < 4.78 is 0. The van der Waals surface area contributed by atoms with E-state index in [4.69, 9.17) is 5.11 Å². The van der Waals surface area contributed by atoms with E-state index in [0.29, 0.717) is 18.8 Å². The first-order valence-electron chi connectivity index (χ1n) is 8.58. The summed E-state index contributed by atoms with van der Waals surface area (Å²) in [5.74, 6) is -0.268. The van der Waals surface area contributed by atoms with Gasteiger partial charge in [-0.05, 0) is 25.2 Å². The van der Waals surface area contributed by atoms with E-state index in [1.165, 1.54) is 51.4 Å². The molecule has 1 atom stereocenters. The highest BCUT2D eigenvalue weighted by atomic mass is 16.4. The van der Waals surface area contributed by atoms with E-state index in [1.54, 1.807) is 0 Å². The summed E-state index contributed by atoms with van der Waals surface area (Å²) in [5, 5.41) is 11.5. The number of carbonyl (C=O) groups is 2. The van der Waals surface area contributed by atoms with Crippen molar-refractivity contribution in [2.75, 3.05) is 6.54 Å². The topological polar surface area (TPSA) is 66.4 Å². The van der Waals surface area contributed by atoms with Crippen molar-refractivity contribution in [1.82, 2.24) is 5.32 Å². The van der Waals surface area contributed by atoms with Crippen LogP contribution in [0.25, 0.3) is 0 Å². The molecule has 0 spiro atoms. The SMILES string of the molecule is CCCCCCC(CCCC)CNC(=O)CCCC(=O)O. The third kappa shape index (κ3) is 13.7. The predicted molar refractivity (Wildman–Crippen MR) is 86.3 cm³/mol. The average Bonchev–Trinajstić information content (AvgIpc) is 2.45. The maximum absolute atomic E-state index is 11.7. The van der Waals surface area contributed by atoms with Crippen molar-refractivity contribution in [3.8, 4) is 0 Å². The van der Waals surface area contributed by atoms with Gasteiger partial charge in [0.1, 0.15) is 0 Å². The Bertz CT molecular complexity index is 279. The van der Waals surface area contributed by atoms with Crippen molar-refractivity contribution in [1.29, 1.82) is 0 Å².